The van der Waals surface area contributed by atoms with Gasteiger partial charge in [-0.3, -0.25) is 9.48 Å². The lowest BCUT2D eigenvalue weighted by Gasteiger charge is -2.27. The second-order valence-electron chi connectivity index (χ2n) is 6.10. The quantitative estimate of drug-likeness (QED) is 0.819. The lowest BCUT2D eigenvalue weighted by molar-refractivity contribution is -0.149. The Bertz CT molecular complexity index is 448. The van der Waals surface area contributed by atoms with Gasteiger partial charge < -0.3 is 10.1 Å². The number of rotatable bonds is 6. The van der Waals surface area contributed by atoms with Crippen molar-refractivity contribution in [2.75, 3.05) is 6.61 Å². The zero-order chi connectivity index (χ0) is 15.2. The van der Waals surface area contributed by atoms with Crippen LogP contribution in [0.2, 0.25) is 0 Å². The summed E-state index contributed by atoms with van der Waals surface area (Å²) in [5.41, 5.74) is 1.22. The summed E-state index contributed by atoms with van der Waals surface area (Å²) in [6, 6.07) is 0.900. The van der Waals surface area contributed by atoms with E-state index in [4.69, 9.17) is 4.74 Å². The van der Waals surface area contributed by atoms with Crippen molar-refractivity contribution in [2.24, 2.45) is 5.92 Å². The van der Waals surface area contributed by atoms with Gasteiger partial charge in [0.1, 0.15) is 0 Å². The number of nitrogens with zero attached hydrogens (tertiary/aromatic N) is 2. The number of ether oxygens (including phenoxy) is 1. The van der Waals surface area contributed by atoms with Crippen LogP contribution in [0.15, 0.2) is 12.4 Å². The second-order valence-corrected chi connectivity index (χ2v) is 6.10. The maximum atomic E-state index is 11.7. The van der Waals surface area contributed by atoms with Crippen molar-refractivity contribution < 1.29 is 9.53 Å². The van der Waals surface area contributed by atoms with E-state index in [1.54, 1.807) is 0 Å². The van der Waals surface area contributed by atoms with Gasteiger partial charge in [0, 0.05) is 30.4 Å². The maximum Gasteiger partial charge on any atom is 0.308 e. The third-order valence-corrected chi connectivity index (χ3v) is 4.13. The highest BCUT2D eigenvalue weighted by Crippen LogP contribution is 2.25. The zero-order valence-corrected chi connectivity index (χ0v) is 13.3. The van der Waals surface area contributed by atoms with E-state index in [-0.39, 0.29) is 11.9 Å². The van der Waals surface area contributed by atoms with Gasteiger partial charge in [0.15, 0.2) is 0 Å². The SMILES string of the molecule is CCOC(=O)C1CCC(NCc2cnn(C(C)C)c2)CC1. The molecular formula is C16H27N3O2. The normalized spacial score (nSPS) is 22.5. The highest BCUT2D eigenvalue weighted by atomic mass is 16.5. The van der Waals surface area contributed by atoms with Gasteiger partial charge in [-0.2, -0.15) is 5.10 Å². The lowest BCUT2D eigenvalue weighted by Crippen LogP contribution is -2.35. The number of nitrogens with one attached hydrogen (secondary N) is 1. The van der Waals surface area contributed by atoms with E-state index in [1.165, 1.54) is 5.56 Å². The summed E-state index contributed by atoms with van der Waals surface area (Å²) in [5, 5.41) is 7.93. The molecule has 0 spiro atoms. The van der Waals surface area contributed by atoms with E-state index >= 15 is 0 Å². The average molecular weight is 293 g/mol. The van der Waals surface area contributed by atoms with Crippen molar-refractivity contribution in [3.8, 4) is 0 Å². The fraction of sp³-hybridized carbons (Fsp3) is 0.750. The van der Waals surface area contributed by atoms with Gasteiger partial charge in [-0.25, -0.2) is 0 Å². The minimum atomic E-state index is -0.0193. The number of hydrogen-bond acceptors (Lipinski definition) is 4. The van der Waals surface area contributed by atoms with Gasteiger partial charge in [-0.15, -0.1) is 0 Å². The van der Waals surface area contributed by atoms with Gasteiger partial charge in [0.25, 0.3) is 0 Å². The van der Waals surface area contributed by atoms with Crippen molar-refractivity contribution in [1.29, 1.82) is 0 Å². The highest BCUT2D eigenvalue weighted by Gasteiger charge is 2.26. The number of esters is 1. The first-order valence-electron chi connectivity index (χ1n) is 8.03. The summed E-state index contributed by atoms with van der Waals surface area (Å²) in [5.74, 6) is 0.0841. The minimum Gasteiger partial charge on any atom is -0.466 e. The molecule has 0 aromatic carbocycles. The van der Waals surface area contributed by atoms with E-state index in [2.05, 4.69) is 30.5 Å². The first-order chi connectivity index (χ1) is 10.1. The molecule has 1 aromatic heterocycles. The Kier molecular flexibility index (Phi) is 5.79. The highest BCUT2D eigenvalue weighted by molar-refractivity contribution is 5.72. The fourth-order valence-corrected chi connectivity index (χ4v) is 2.81. The molecule has 118 valence electrons. The minimum absolute atomic E-state index is 0.0193. The number of carbonyl (C=O) groups is 1. The Labute approximate surface area is 127 Å². The van der Waals surface area contributed by atoms with Crippen molar-refractivity contribution in [2.45, 2.75) is 65.1 Å². The van der Waals surface area contributed by atoms with Crippen molar-refractivity contribution in [3.63, 3.8) is 0 Å². The van der Waals surface area contributed by atoms with Crippen LogP contribution in [0.3, 0.4) is 0 Å². The number of aromatic nitrogens is 2. The monoisotopic (exact) mass is 293 g/mol. The molecule has 5 heteroatoms. The second kappa shape index (κ2) is 7.59. The standard InChI is InChI=1S/C16H27N3O2/c1-4-21-16(20)14-5-7-15(8-6-14)17-9-13-10-18-19(11-13)12(2)3/h10-12,14-15,17H,4-9H2,1-3H3. The summed E-state index contributed by atoms with van der Waals surface area (Å²) < 4.78 is 7.08. The van der Waals surface area contributed by atoms with Crippen LogP contribution in [0, 0.1) is 5.92 Å². The van der Waals surface area contributed by atoms with Crippen LogP contribution in [0.1, 0.15) is 58.1 Å². The molecule has 1 aliphatic rings. The molecule has 0 aliphatic heterocycles. The first kappa shape index (κ1) is 16.0. The Morgan fingerprint density at radius 1 is 1.43 bits per heavy atom. The Hall–Kier alpha value is -1.36. The molecule has 0 radical (unpaired) electrons. The van der Waals surface area contributed by atoms with E-state index in [0.717, 1.165) is 32.2 Å². The molecule has 0 amide bonds. The van der Waals surface area contributed by atoms with E-state index in [0.29, 0.717) is 18.7 Å². The van der Waals surface area contributed by atoms with Crippen LogP contribution >= 0.6 is 0 Å². The van der Waals surface area contributed by atoms with Crippen molar-refractivity contribution in [3.05, 3.63) is 18.0 Å². The van der Waals surface area contributed by atoms with Crippen LogP contribution in [0.25, 0.3) is 0 Å². The molecule has 1 fully saturated rings. The van der Waals surface area contributed by atoms with E-state index < -0.39 is 0 Å². The van der Waals surface area contributed by atoms with Crippen LogP contribution in [-0.4, -0.2) is 28.4 Å². The van der Waals surface area contributed by atoms with Gasteiger partial charge in [-0.05, 0) is 46.5 Å². The van der Waals surface area contributed by atoms with Crippen LogP contribution in [0.5, 0.6) is 0 Å². The molecular weight excluding hydrogens is 266 g/mol. The average Bonchev–Trinajstić information content (AvgIpc) is 2.95. The molecule has 1 saturated carbocycles. The van der Waals surface area contributed by atoms with Crippen molar-refractivity contribution in [1.82, 2.24) is 15.1 Å². The van der Waals surface area contributed by atoms with E-state index in [1.807, 2.05) is 17.8 Å². The molecule has 1 N–H and O–H groups in total. The summed E-state index contributed by atoms with van der Waals surface area (Å²) in [6.07, 6.45) is 7.98. The van der Waals surface area contributed by atoms with Gasteiger partial charge in [0.05, 0.1) is 18.7 Å². The molecule has 1 heterocycles. The third-order valence-electron chi connectivity index (χ3n) is 4.13. The molecule has 21 heavy (non-hydrogen) atoms. The number of carbonyl (C=O) groups excluding carboxylic acids is 1. The zero-order valence-electron chi connectivity index (χ0n) is 13.3. The Morgan fingerprint density at radius 3 is 2.71 bits per heavy atom. The van der Waals surface area contributed by atoms with Crippen LogP contribution in [-0.2, 0) is 16.1 Å². The topological polar surface area (TPSA) is 56.1 Å². The molecule has 0 saturated heterocycles. The predicted molar refractivity (Wildman–Crippen MR) is 81.8 cm³/mol. The summed E-state index contributed by atoms with van der Waals surface area (Å²) >= 11 is 0. The molecule has 1 aliphatic carbocycles. The summed E-state index contributed by atoms with van der Waals surface area (Å²) in [6.45, 7) is 7.45. The maximum absolute atomic E-state index is 11.7. The fourth-order valence-electron chi connectivity index (χ4n) is 2.81. The van der Waals surface area contributed by atoms with Crippen molar-refractivity contribution >= 4 is 5.97 Å². The molecule has 2 rings (SSSR count). The third kappa shape index (κ3) is 4.56. The van der Waals surface area contributed by atoms with Gasteiger partial charge >= 0.3 is 5.97 Å². The lowest BCUT2D eigenvalue weighted by atomic mass is 9.86. The Balaban J connectivity index is 1.72. The molecule has 5 nitrogen and oxygen atoms in total. The van der Waals surface area contributed by atoms with Crippen LogP contribution < -0.4 is 5.32 Å². The number of hydrogen-bond donors (Lipinski definition) is 1. The smallest absolute Gasteiger partial charge is 0.308 e. The molecule has 0 atom stereocenters. The summed E-state index contributed by atoms with van der Waals surface area (Å²) in [4.78, 5) is 11.7. The molecule has 0 unspecified atom stereocenters. The predicted octanol–water partition coefficient (Wildman–Crippen LogP) is 2.68. The van der Waals surface area contributed by atoms with Gasteiger partial charge in [-0.1, -0.05) is 0 Å². The van der Waals surface area contributed by atoms with Crippen LogP contribution in [0.4, 0.5) is 0 Å². The van der Waals surface area contributed by atoms with E-state index in [9.17, 15) is 4.79 Å². The molecule has 1 aromatic rings. The van der Waals surface area contributed by atoms with Gasteiger partial charge in [0.2, 0.25) is 0 Å². The summed E-state index contributed by atoms with van der Waals surface area (Å²) in [7, 11) is 0. The Morgan fingerprint density at radius 2 is 2.14 bits per heavy atom. The molecule has 0 bridgehead atoms. The largest absolute Gasteiger partial charge is 0.466 e. The first-order valence-corrected chi connectivity index (χ1v) is 8.03.